The van der Waals surface area contributed by atoms with Crippen LogP contribution in [0.1, 0.15) is 44.6 Å². The summed E-state index contributed by atoms with van der Waals surface area (Å²) in [5.74, 6) is 0.937. The van der Waals surface area contributed by atoms with E-state index in [9.17, 15) is 0 Å². The Labute approximate surface area is 110 Å². The number of benzene rings is 1. The average Bonchev–Trinajstić information content (AvgIpc) is 2.64. The Kier molecular flexibility index (Phi) is 4.29. The second-order valence-corrected chi connectivity index (χ2v) is 5.10. The molecule has 0 amide bonds. The summed E-state index contributed by atoms with van der Waals surface area (Å²) >= 11 is 0. The van der Waals surface area contributed by atoms with Gasteiger partial charge >= 0.3 is 0 Å². The van der Waals surface area contributed by atoms with Gasteiger partial charge in [-0.2, -0.15) is 0 Å². The minimum atomic E-state index is 0.937. The minimum absolute atomic E-state index is 0.937. The Morgan fingerprint density at radius 3 is 2.56 bits per heavy atom. The van der Waals surface area contributed by atoms with Crippen molar-refractivity contribution in [3.63, 3.8) is 0 Å². The number of fused-ring (bicyclic) bond motifs is 1. The van der Waals surface area contributed by atoms with E-state index in [0.717, 1.165) is 12.2 Å². The van der Waals surface area contributed by atoms with Crippen LogP contribution in [-0.2, 0) is 13.5 Å². The third kappa shape index (κ3) is 2.53. The van der Waals surface area contributed by atoms with Gasteiger partial charge in [0.25, 0.3) is 0 Å². The fraction of sp³-hybridized carbons (Fsp3) is 0.500. The molecule has 2 aromatic rings. The summed E-state index contributed by atoms with van der Waals surface area (Å²) in [7, 11) is 2.05. The number of hydrogen-bond acceptors (Lipinski definition) is 1. The van der Waals surface area contributed by atoms with Crippen LogP contribution < -0.4 is 5.73 Å². The monoisotopic (exact) mass is 244 g/mol. The Hall–Kier alpha value is -1.44. The predicted octanol–water partition coefficient (Wildman–Crippen LogP) is 4.27. The van der Waals surface area contributed by atoms with Crippen molar-refractivity contribution in [1.29, 1.82) is 0 Å². The van der Waals surface area contributed by atoms with Crippen molar-refractivity contribution in [2.45, 2.75) is 45.4 Å². The van der Waals surface area contributed by atoms with Crippen LogP contribution in [0.5, 0.6) is 0 Å². The molecule has 98 valence electrons. The molecule has 1 aromatic carbocycles. The van der Waals surface area contributed by atoms with Crippen LogP contribution in [0.2, 0.25) is 0 Å². The molecule has 0 aliphatic rings. The van der Waals surface area contributed by atoms with E-state index in [-0.39, 0.29) is 0 Å². The van der Waals surface area contributed by atoms with Crippen LogP contribution in [0.15, 0.2) is 24.3 Å². The first-order valence-electron chi connectivity index (χ1n) is 7.07. The van der Waals surface area contributed by atoms with Gasteiger partial charge in [0.15, 0.2) is 0 Å². The normalized spacial score (nSPS) is 11.2. The summed E-state index contributed by atoms with van der Waals surface area (Å²) in [5, 5.41) is 1.33. The molecular formula is C16H24N2. The number of nitrogen functional groups attached to an aromatic ring is 1. The SMILES string of the molecule is CCCCCCCc1c(N)n(C)c2ccccc12. The number of rotatable bonds is 6. The Morgan fingerprint density at radius 2 is 1.78 bits per heavy atom. The lowest BCUT2D eigenvalue weighted by Crippen LogP contribution is -1.98. The molecule has 0 radical (unpaired) electrons. The smallest absolute Gasteiger partial charge is 0.107 e. The molecule has 2 heteroatoms. The molecule has 0 aliphatic carbocycles. The molecule has 2 rings (SSSR count). The molecule has 18 heavy (non-hydrogen) atoms. The van der Waals surface area contributed by atoms with E-state index in [1.165, 1.54) is 48.6 Å². The fourth-order valence-electron chi connectivity index (χ4n) is 2.66. The molecule has 2 nitrogen and oxygen atoms in total. The molecule has 2 N–H and O–H groups in total. The molecule has 0 bridgehead atoms. The highest BCUT2D eigenvalue weighted by molar-refractivity contribution is 5.89. The van der Waals surface area contributed by atoms with Gasteiger partial charge in [-0.1, -0.05) is 50.8 Å². The lowest BCUT2D eigenvalue weighted by Gasteiger charge is -2.02. The van der Waals surface area contributed by atoms with E-state index in [2.05, 4.69) is 42.8 Å². The topological polar surface area (TPSA) is 30.9 Å². The number of aryl methyl sites for hydroxylation is 2. The third-order valence-corrected chi connectivity index (χ3v) is 3.79. The lowest BCUT2D eigenvalue weighted by atomic mass is 10.0. The van der Waals surface area contributed by atoms with Crippen molar-refractivity contribution in [3.8, 4) is 0 Å². The van der Waals surface area contributed by atoms with Crippen molar-refractivity contribution in [2.75, 3.05) is 5.73 Å². The molecule has 0 atom stereocenters. The second kappa shape index (κ2) is 5.94. The summed E-state index contributed by atoms with van der Waals surface area (Å²) in [6.45, 7) is 2.25. The van der Waals surface area contributed by atoms with E-state index in [0.29, 0.717) is 0 Å². The third-order valence-electron chi connectivity index (χ3n) is 3.79. The van der Waals surface area contributed by atoms with Gasteiger partial charge in [-0.15, -0.1) is 0 Å². The van der Waals surface area contributed by atoms with Crippen LogP contribution in [0.4, 0.5) is 5.82 Å². The van der Waals surface area contributed by atoms with Gasteiger partial charge in [-0.05, 0) is 18.9 Å². The Bertz CT molecular complexity index is 511. The molecule has 1 aromatic heterocycles. The first-order chi connectivity index (χ1) is 8.75. The van der Waals surface area contributed by atoms with Gasteiger partial charge in [0.2, 0.25) is 0 Å². The lowest BCUT2D eigenvalue weighted by molar-refractivity contribution is 0.633. The molecule has 0 saturated carbocycles. The zero-order valence-electron chi connectivity index (χ0n) is 11.6. The number of para-hydroxylation sites is 1. The maximum atomic E-state index is 6.22. The average molecular weight is 244 g/mol. The Morgan fingerprint density at radius 1 is 1.06 bits per heavy atom. The van der Waals surface area contributed by atoms with Gasteiger partial charge in [0, 0.05) is 23.5 Å². The molecule has 0 spiro atoms. The first kappa shape index (κ1) is 13.0. The number of nitrogens with zero attached hydrogens (tertiary/aromatic N) is 1. The predicted molar refractivity (Wildman–Crippen MR) is 79.8 cm³/mol. The quantitative estimate of drug-likeness (QED) is 0.756. The highest BCUT2D eigenvalue weighted by Crippen LogP contribution is 2.28. The number of unbranched alkanes of at least 4 members (excludes halogenated alkanes) is 4. The highest BCUT2D eigenvalue weighted by Gasteiger charge is 2.11. The molecule has 0 unspecified atom stereocenters. The van der Waals surface area contributed by atoms with Gasteiger partial charge in [-0.25, -0.2) is 0 Å². The van der Waals surface area contributed by atoms with Crippen LogP contribution in [-0.4, -0.2) is 4.57 Å². The van der Waals surface area contributed by atoms with Gasteiger partial charge in [-0.3, -0.25) is 0 Å². The van der Waals surface area contributed by atoms with Crippen molar-refractivity contribution in [1.82, 2.24) is 4.57 Å². The zero-order chi connectivity index (χ0) is 13.0. The standard InChI is InChI=1S/C16H24N2/c1-3-4-5-6-7-11-14-13-10-8-9-12-15(13)18(2)16(14)17/h8-10,12H,3-7,11,17H2,1-2H3. The maximum absolute atomic E-state index is 6.22. The number of hydrogen-bond donors (Lipinski definition) is 1. The second-order valence-electron chi connectivity index (χ2n) is 5.10. The number of nitrogens with two attached hydrogens (primary N) is 1. The van der Waals surface area contributed by atoms with Crippen molar-refractivity contribution >= 4 is 16.7 Å². The zero-order valence-corrected chi connectivity index (χ0v) is 11.6. The van der Waals surface area contributed by atoms with E-state index >= 15 is 0 Å². The van der Waals surface area contributed by atoms with Crippen LogP contribution >= 0.6 is 0 Å². The summed E-state index contributed by atoms with van der Waals surface area (Å²) in [5.41, 5.74) is 8.81. The van der Waals surface area contributed by atoms with E-state index in [1.807, 2.05) is 0 Å². The van der Waals surface area contributed by atoms with E-state index in [4.69, 9.17) is 5.73 Å². The maximum Gasteiger partial charge on any atom is 0.107 e. The number of anilines is 1. The Balaban J connectivity index is 2.10. The highest BCUT2D eigenvalue weighted by atomic mass is 15.0. The van der Waals surface area contributed by atoms with E-state index < -0.39 is 0 Å². The van der Waals surface area contributed by atoms with Crippen molar-refractivity contribution in [3.05, 3.63) is 29.8 Å². The van der Waals surface area contributed by atoms with Crippen molar-refractivity contribution in [2.24, 2.45) is 7.05 Å². The van der Waals surface area contributed by atoms with E-state index in [1.54, 1.807) is 0 Å². The molecule has 0 aliphatic heterocycles. The first-order valence-corrected chi connectivity index (χ1v) is 7.07. The molecular weight excluding hydrogens is 220 g/mol. The molecule has 1 heterocycles. The van der Waals surface area contributed by atoms with Gasteiger partial charge in [0.1, 0.15) is 5.82 Å². The molecule has 0 saturated heterocycles. The molecule has 0 fully saturated rings. The number of aromatic nitrogens is 1. The summed E-state index contributed by atoms with van der Waals surface area (Å²) in [6.07, 6.45) is 7.67. The minimum Gasteiger partial charge on any atom is -0.385 e. The van der Waals surface area contributed by atoms with Gasteiger partial charge in [0.05, 0.1) is 0 Å². The van der Waals surface area contributed by atoms with Crippen molar-refractivity contribution < 1.29 is 0 Å². The van der Waals surface area contributed by atoms with Crippen LogP contribution in [0, 0.1) is 0 Å². The summed E-state index contributed by atoms with van der Waals surface area (Å²) in [6, 6.07) is 8.51. The van der Waals surface area contributed by atoms with Crippen LogP contribution in [0.25, 0.3) is 10.9 Å². The van der Waals surface area contributed by atoms with Crippen LogP contribution in [0.3, 0.4) is 0 Å². The fourth-order valence-corrected chi connectivity index (χ4v) is 2.66. The largest absolute Gasteiger partial charge is 0.385 e. The summed E-state index contributed by atoms with van der Waals surface area (Å²) in [4.78, 5) is 0. The summed E-state index contributed by atoms with van der Waals surface area (Å²) < 4.78 is 2.11. The van der Waals surface area contributed by atoms with Gasteiger partial charge < -0.3 is 10.3 Å².